The number of nitrogens with one attached hydrogen (secondary N) is 2. The molecule has 0 aliphatic carbocycles. The van der Waals surface area contributed by atoms with Gasteiger partial charge in [0.25, 0.3) is 17.7 Å². The molecule has 0 spiro atoms. The summed E-state index contributed by atoms with van der Waals surface area (Å²) in [4.78, 5) is 74.1. The molecule has 5 amide bonds. The lowest BCUT2D eigenvalue weighted by Crippen LogP contribution is -2.60. The first-order chi connectivity index (χ1) is 26.9. The van der Waals surface area contributed by atoms with Crippen molar-refractivity contribution in [2.75, 3.05) is 42.9 Å². The molecule has 4 aliphatic heterocycles. The highest BCUT2D eigenvalue weighted by molar-refractivity contribution is 6.23. The van der Waals surface area contributed by atoms with Crippen LogP contribution in [0.15, 0.2) is 67.3 Å². The van der Waals surface area contributed by atoms with Gasteiger partial charge in [0, 0.05) is 86.5 Å². The van der Waals surface area contributed by atoms with Crippen LogP contribution in [0, 0.1) is 5.41 Å². The number of nitrogens with zero attached hydrogens (tertiary/aromatic N) is 7. The van der Waals surface area contributed by atoms with Gasteiger partial charge in [-0.05, 0) is 69.5 Å². The Labute approximate surface area is 322 Å². The summed E-state index contributed by atoms with van der Waals surface area (Å²) < 4.78 is 10.0. The van der Waals surface area contributed by atoms with Gasteiger partial charge in [-0.1, -0.05) is 6.92 Å². The van der Waals surface area contributed by atoms with E-state index in [1.807, 2.05) is 54.9 Å². The molecule has 1 atom stereocenters. The van der Waals surface area contributed by atoms with Gasteiger partial charge in [0.2, 0.25) is 11.8 Å². The minimum atomic E-state index is -0.980. The molecule has 1 unspecified atom stereocenters. The molecule has 3 aromatic heterocycles. The van der Waals surface area contributed by atoms with Crippen molar-refractivity contribution in [3.8, 4) is 5.75 Å². The van der Waals surface area contributed by atoms with Crippen LogP contribution in [-0.4, -0.2) is 103 Å². The fourth-order valence-corrected chi connectivity index (χ4v) is 8.71. The van der Waals surface area contributed by atoms with Crippen molar-refractivity contribution in [3.05, 3.63) is 83.9 Å². The Balaban J connectivity index is 0.822. The summed E-state index contributed by atoms with van der Waals surface area (Å²) in [5.74, 6) is -1.69. The molecule has 15 nitrogen and oxygen atoms in total. The molecule has 2 aromatic carbocycles. The summed E-state index contributed by atoms with van der Waals surface area (Å²) in [7, 11) is 0. The van der Waals surface area contributed by atoms with Crippen molar-refractivity contribution in [1.29, 1.82) is 0 Å². The molecule has 4 aliphatic rings. The lowest BCUT2D eigenvalue weighted by molar-refractivity contribution is -0.136. The fourth-order valence-electron chi connectivity index (χ4n) is 8.71. The molecular weight excluding hydrogens is 715 g/mol. The molecule has 0 radical (unpaired) electrons. The topological polar surface area (TPSA) is 163 Å². The second-order valence-corrected chi connectivity index (χ2v) is 16.1. The molecule has 288 valence electrons. The second-order valence-electron chi connectivity index (χ2n) is 16.1. The highest BCUT2D eigenvalue weighted by Gasteiger charge is 2.46. The maximum absolute atomic E-state index is 13.4. The highest BCUT2D eigenvalue weighted by Crippen LogP contribution is 2.39. The maximum atomic E-state index is 13.4. The van der Waals surface area contributed by atoms with Crippen molar-refractivity contribution in [2.24, 2.45) is 5.41 Å². The zero-order valence-corrected chi connectivity index (χ0v) is 31.5. The third kappa shape index (κ3) is 6.34. The fraction of sp³-hybridized carbons (Fsp3) is 0.390. The average Bonchev–Trinajstić information content (AvgIpc) is 3.85. The monoisotopic (exact) mass is 757 g/mol. The number of benzene rings is 2. The number of piperidine rings is 2. The number of likely N-dealkylation sites (tertiary alicyclic amines) is 1. The number of carbonyl (C=O) groups excluding carboxylic acids is 5. The van der Waals surface area contributed by atoms with Crippen LogP contribution in [0.5, 0.6) is 5.75 Å². The average molecular weight is 758 g/mol. The normalized spacial score (nSPS) is 20.2. The highest BCUT2D eigenvalue weighted by atomic mass is 16.5. The molecule has 15 heteroatoms. The molecule has 0 saturated carbocycles. The Bertz CT molecular complexity index is 2440. The summed E-state index contributed by atoms with van der Waals surface area (Å²) in [6.45, 7) is 10.6. The molecule has 0 bridgehead atoms. The predicted octanol–water partition coefficient (Wildman–Crippen LogP) is 4.29. The zero-order valence-electron chi connectivity index (χ0n) is 31.5. The third-order valence-electron chi connectivity index (χ3n) is 11.4. The second kappa shape index (κ2) is 13.6. The predicted molar refractivity (Wildman–Crippen MR) is 207 cm³/mol. The van der Waals surface area contributed by atoms with Crippen LogP contribution in [0.4, 0.5) is 11.4 Å². The van der Waals surface area contributed by atoms with Gasteiger partial charge in [-0.25, -0.2) is 4.98 Å². The number of hydrogen-bond acceptors (Lipinski definition) is 10. The molecular formula is C41H43N9O6. The third-order valence-corrected chi connectivity index (χ3v) is 11.4. The molecule has 3 fully saturated rings. The summed E-state index contributed by atoms with van der Waals surface area (Å²) >= 11 is 0. The van der Waals surface area contributed by atoms with Gasteiger partial charge < -0.3 is 24.3 Å². The largest absolute Gasteiger partial charge is 0.489 e. The Hall–Kier alpha value is -6.09. The number of rotatable bonds is 9. The first-order valence-electron chi connectivity index (χ1n) is 19.2. The van der Waals surface area contributed by atoms with Gasteiger partial charge in [-0.2, -0.15) is 5.10 Å². The van der Waals surface area contributed by atoms with E-state index in [9.17, 15) is 24.0 Å². The molecule has 5 aromatic rings. The molecule has 7 heterocycles. The SMILES string of the molecule is CC(C)Oc1cc2nn(C3CCN(CC4(C)CN(c5ccc6c(c5)C(=O)N(C5CCC(=O)NC5=O)C6=O)C4)CC3)cc2cc1NC(=O)c1ccn2cccnc12. The van der Waals surface area contributed by atoms with E-state index in [4.69, 9.17) is 9.84 Å². The summed E-state index contributed by atoms with van der Waals surface area (Å²) in [5, 5.41) is 11.2. The van der Waals surface area contributed by atoms with Gasteiger partial charge in [0.1, 0.15) is 17.4 Å². The number of ether oxygens (including phenoxy) is 1. The number of amides is 5. The lowest BCUT2D eigenvalue weighted by Gasteiger charge is -2.52. The van der Waals surface area contributed by atoms with E-state index in [-0.39, 0.29) is 41.9 Å². The van der Waals surface area contributed by atoms with Crippen LogP contribution in [0.3, 0.4) is 0 Å². The first kappa shape index (κ1) is 35.6. The smallest absolute Gasteiger partial charge is 0.262 e. The Morgan fingerprint density at radius 3 is 2.55 bits per heavy atom. The van der Waals surface area contributed by atoms with Crippen molar-refractivity contribution < 1.29 is 28.7 Å². The summed E-state index contributed by atoms with van der Waals surface area (Å²) in [6, 6.07) is 12.0. The van der Waals surface area contributed by atoms with Crippen molar-refractivity contribution in [1.82, 2.24) is 34.3 Å². The number of aromatic nitrogens is 4. The van der Waals surface area contributed by atoms with E-state index in [0.717, 1.165) is 67.1 Å². The van der Waals surface area contributed by atoms with Crippen LogP contribution in [0.1, 0.15) is 83.6 Å². The van der Waals surface area contributed by atoms with E-state index in [1.165, 1.54) is 0 Å². The number of anilines is 2. The summed E-state index contributed by atoms with van der Waals surface area (Å²) in [5.41, 5.74) is 3.96. The van der Waals surface area contributed by atoms with Crippen molar-refractivity contribution >= 4 is 57.5 Å². The maximum Gasteiger partial charge on any atom is 0.262 e. The Morgan fingerprint density at radius 2 is 1.79 bits per heavy atom. The van der Waals surface area contributed by atoms with E-state index in [1.54, 1.807) is 24.4 Å². The van der Waals surface area contributed by atoms with Gasteiger partial charge in [-0.15, -0.1) is 0 Å². The van der Waals surface area contributed by atoms with Gasteiger partial charge >= 0.3 is 0 Å². The van der Waals surface area contributed by atoms with Gasteiger partial charge in [0.15, 0.2) is 0 Å². The van der Waals surface area contributed by atoms with Crippen LogP contribution >= 0.6 is 0 Å². The Morgan fingerprint density at radius 1 is 1.00 bits per heavy atom. The quantitative estimate of drug-likeness (QED) is 0.208. The molecule has 3 saturated heterocycles. The molecule has 9 rings (SSSR count). The van der Waals surface area contributed by atoms with Crippen LogP contribution in [0.25, 0.3) is 16.6 Å². The molecule has 2 N–H and O–H groups in total. The lowest BCUT2D eigenvalue weighted by atomic mass is 9.80. The minimum Gasteiger partial charge on any atom is -0.489 e. The first-order valence-corrected chi connectivity index (χ1v) is 19.2. The van der Waals surface area contributed by atoms with Gasteiger partial charge in [0.05, 0.1) is 40.0 Å². The van der Waals surface area contributed by atoms with E-state index >= 15 is 0 Å². The number of fused-ring (bicyclic) bond motifs is 3. The zero-order chi connectivity index (χ0) is 38.9. The van der Waals surface area contributed by atoms with E-state index < -0.39 is 29.7 Å². The van der Waals surface area contributed by atoms with Crippen molar-refractivity contribution in [3.63, 3.8) is 0 Å². The van der Waals surface area contributed by atoms with Crippen LogP contribution in [-0.2, 0) is 9.59 Å². The molecule has 56 heavy (non-hydrogen) atoms. The Kier molecular flexibility index (Phi) is 8.64. The standard InChI is InChI=1S/C41H43N9O6/c1-24(2)56-34-19-31-25(17-32(34)43-37(52)29-11-16-47-13-4-12-42-36(29)47)20-49(45-31)26-9-14-46(15-10-26)21-41(3)22-48(23-41)27-5-6-28-30(18-27)40(55)50(39(28)54)33-7-8-35(51)44-38(33)53/h4-6,11-13,16-20,24,26,33H,7-10,14-15,21-23H2,1-3H3,(H,43,52)(H,44,51,53). The number of imide groups is 2. The van der Waals surface area contributed by atoms with Gasteiger partial charge in [-0.3, -0.25) is 38.9 Å². The van der Waals surface area contributed by atoms with Crippen LogP contribution < -0.4 is 20.3 Å². The summed E-state index contributed by atoms with van der Waals surface area (Å²) in [6.07, 6.45) is 9.42. The number of hydrogen-bond donors (Lipinski definition) is 2. The van der Waals surface area contributed by atoms with Crippen LogP contribution in [0.2, 0.25) is 0 Å². The minimum absolute atomic E-state index is 0.0574. The van der Waals surface area contributed by atoms with Crippen molar-refractivity contribution in [2.45, 2.75) is 64.6 Å². The number of carbonyl (C=O) groups is 5. The van der Waals surface area contributed by atoms with E-state index in [0.29, 0.717) is 28.2 Å². The van der Waals surface area contributed by atoms with E-state index in [2.05, 4.69) is 43.2 Å².